The van der Waals surface area contributed by atoms with Crippen LogP contribution in [0.3, 0.4) is 0 Å². The van der Waals surface area contributed by atoms with Crippen molar-refractivity contribution < 1.29 is 14.3 Å². The Hall–Kier alpha value is -2.28. The third kappa shape index (κ3) is 3.06. The molecule has 3 fully saturated rings. The van der Waals surface area contributed by atoms with Gasteiger partial charge >= 0.3 is 0 Å². The highest BCUT2D eigenvalue weighted by atomic mass is 16.5. The molecule has 29 heavy (non-hydrogen) atoms. The SMILES string of the molecule is CN(Cc1cnccn1)C(=O)[C@@H]1[C@@H]2C=C[C@@]3(CN(C4CCCCCC4)C(=O)[C@@H]13)O2. The van der Waals surface area contributed by atoms with Crippen molar-refractivity contribution in [3.05, 3.63) is 36.4 Å². The first-order chi connectivity index (χ1) is 14.1. The molecule has 4 aliphatic rings. The predicted molar refractivity (Wildman–Crippen MR) is 105 cm³/mol. The zero-order valence-electron chi connectivity index (χ0n) is 16.9. The number of ether oxygens (including phenoxy) is 1. The Balaban J connectivity index is 1.36. The number of amides is 2. The molecule has 1 aromatic rings. The molecule has 2 saturated heterocycles. The summed E-state index contributed by atoms with van der Waals surface area (Å²) in [6.07, 6.45) is 15.6. The first kappa shape index (κ1) is 18.7. The highest BCUT2D eigenvalue weighted by Crippen LogP contribution is 2.53. The molecule has 154 valence electrons. The van der Waals surface area contributed by atoms with Gasteiger partial charge in [-0.1, -0.05) is 37.8 Å². The maximum absolute atomic E-state index is 13.5. The molecule has 0 radical (unpaired) electrons. The Morgan fingerprint density at radius 3 is 2.79 bits per heavy atom. The Labute approximate surface area is 171 Å². The van der Waals surface area contributed by atoms with Gasteiger partial charge in [0.2, 0.25) is 11.8 Å². The fourth-order valence-electron chi connectivity index (χ4n) is 5.68. The normalized spacial score (nSPS) is 33.8. The minimum Gasteiger partial charge on any atom is -0.360 e. The number of carbonyl (C=O) groups is 2. The average Bonchev–Trinajstić information content (AvgIpc) is 3.28. The summed E-state index contributed by atoms with van der Waals surface area (Å²) >= 11 is 0. The Morgan fingerprint density at radius 2 is 2.07 bits per heavy atom. The van der Waals surface area contributed by atoms with Gasteiger partial charge in [0.25, 0.3) is 0 Å². The maximum atomic E-state index is 13.5. The summed E-state index contributed by atoms with van der Waals surface area (Å²) in [4.78, 5) is 38.9. The largest absolute Gasteiger partial charge is 0.360 e. The smallest absolute Gasteiger partial charge is 0.230 e. The Kier molecular flexibility index (Phi) is 4.65. The predicted octanol–water partition coefficient (Wildman–Crippen LogP) is 1.94. The van der Waals surface area contributed by atoms with E-state index in [1.807, 2.05) is 17.1 Å². The molecule has 7 heteroatoms. The van der Waals surface area contributed by atoms with E-state index in [9.17, 15) is 9.59 Å². The lowest BCUT2D eigenvalue weighted by Gasteiger charge is -2.30. The zero-order chi connectivity index (χ0) is 20.0. The first-order valence-electron chi connectivity index (χ1n) is 10.8. The average molecular weight is 396 g/mol. The van der Waals surface area contributed by atoms with Crippen LogP contribution >= 0.6 is 0 Å². The maximum Gasteiger partial charge on any atom is 0.230 e. The van der Waals surface area contributed by atoms with Gasteiger partial charge in [-0.25, -0.2) is 0 Å². The van der Waals surface area contributed by atoms with Crippen molar-refractivity contribution in [1.82, 2.24) is 19.8 Å². The summed E-state index contributed by atoms with van der Waals surface area (Å²) in [6.45, 7) is 0.964. The van der Waals surface area contributed by atoms with Gasteiger partial charge in [0, 0.05) is 25.5 Å². The summed E-state index contributed by atoms with van der Waals surface area (Å²) < 4.78 is 6.29. The van der Waals surface area contributed by atoms with E-state index in [1.54, 1.807) is 30.5 Å². The van der Waals surface area contributed by atoms with Crippen molar-refractivity contribution in [2.75, 3.05) is 13.6 Å². The van der Waals surface area contributed by atoms with Crippen molar-refractivity contribution in [2.45, 2.75) is 62.8 Å². The second-order valence-corrected chi connectivity index (χ2v) is 8.90. The van der Waals surface area contributed by atoms with Gasteiger partial charge in [-0.2, -0.15) is 0 Å². The first-order valence-corrected chi connectivity index (χ1v) is 10.8. The number of fused-ring (bicyclic) bond motifs is 1. The summed E-state index contributed by atoms with van der Waals surface area (Å²) in [7, 11) is 1.77. The molecular formula is C22H28N4O3. The van der Waals surface area contributed by atoms with E-state index in [4.69, 9.17) is 4.74 Å². The van der Waals surface area contributed by atoms with Gasteiger partial charge in [0.15, 0.2) is 0 Å². The summed E-state index contributed by atoms with van der Waals surface area (Å²) in [6, 6.07) is 0.286. The minimum atomic E-state index is -0.623. The minimum absolute atomic E-state index is 0.0482. The van der Waals surface area contributed by atoms with Crippen molar-refractivity contribution in [3.63, 3.8) is 0 Å². The highest BCUT2D eigenvalue weighted by Gasteiger charge is 2.67. The number of likely N-dealkylation sites (tertiary alicyclic amines) is 1. The van der Waals surface area contributed by atoms with Crippen LogP contribution in [0.15, 0.2) is 30.7 Å². The molecule has 1 aromatic heterocycles. The number of carbonyl (C=O) groups excluding carboxylic acids is 2. The van der Waals surface area contributed by atoms with Crippen molar-refractivity contribution in [3.8, 4) is 0 Å². The van der Waals surface area contributed by atoms with Crippen LogP contribution < -0.4 is 0 Å². The van der Waals surface area contributed by atoms with E-state index >= 15 is 0 Å². The topological polar surface area (TPSA) is 75.6 Å². The lowest BCUT2D eigenvalue weighted by atomic mass is 9.76. The van der Waals surface area contributed by atoms with Gasteiger partial charge < -0.3 is 14.5 Å². The lowest BCUT2D eigenvalue weighted by molar-refractivity contribution is -0.143. The van der Waals surface area contributed by atoms with Crippen LogP contribution in [0.1, 0.15) is 44.2 Å². The molecular weight excluding hydrogens is 368 g/mol. The molecule has 1 aliphatic carbocycles. The molecule has 2 bridgehead atoms. The van der Waals surface area contributed by atoms with Gasteiger partial charge in [0.05, 0.1) is 42.9 Å². The molecule has 4 heterocycles. The van der Waals surface area contributed by atoms with Crippen molar-refractivity contribution in [2.24, 2.45) is 11.8 Å². The lowest BCUT2D eigenvalue weighted by Crippen LogP contribution is -2.45. The second kappa shape index (κ2) is 7.20. The second-order valence-electron chi connectivity index (χ2n) is 8.90. The molecule has 0 N–H and O–H groups in total. The molecule has 0 aromatic carbocycles. The molecule has 5 rings (SSSR count). The third-order valence-corrected chi connectivity index (χ3v) is 7.07. The Morgan fingerprint density at radius 1 is 1.28 bits per heavy atom. The van der Waals surface area contributed by atoms with E-state index in [0.717, 1.165) is 18.5 Å². The van der Waals surface area contributed by atoms with Crippen LogP contribution in [-0.4, -0.2) is 62.9 Å². The molecule has 4 atom stereocenters. The van der Waals surface area contributed by atoms with Crippen LogP contribution in [0.25, 0.3) is 0 Å². The fraction of sp³-hybridized carbons (Fsp3) is 0.636. The van der Waals surface area contributed by atoms with Gasteiger partial charge in [-0.3, -0.25) is 19.6 Å². The Bertz CT molecular complexity index is 821. The van der Waals surface area contributed by atoms with E-state index in [-0.39, 0.29) is 24.0 Å². The number of nitrogens with zero attached hydrogens (tertiary/aromatic N) is 4. The molecule has 2 amide bonds. The number of hydrogen-bond donors (Lipinski definition) is 0. The van der Waals surface area contributed by atoms with Crippen LogP contribution in [0, 0.1) is 11.8 Å². The summed E-state index contributed by atoms with van der Waals surface area (Å²) in [5.41, 5.74) is 0.109. The summed E-state index contributed by atoms with van der Waals surface area (Å²) in [5, 5.41) is 0. The fourth-order valence-corrected chi connectivity index (χ4v) is 5.68. The van der Waals surface area contributed by atoms with Gasteiger partial charge in [-0.05, 0) is 12.8 Å². The van der Waals surface area contributed by atoms with E-state index < -0.39 is 17.4 Å². The van der Waals surface area contributed by atoms with E-state index in [0.29, 0.717) is 13.1 Å². The molecule has 3 aliphatic heterocycles. The van der Waals surface area contributed by atoms with Crippen LogP contribution in [0.5, 0.6) is 0 Å². The standard InChI is InChI=1S/C22H28N4O3/c1-25(13-15-12-23-10-11-24-15)20(27)18-17-8-9-22(29-17)14-26(21(28)19(18)22)16-6-4-2-3-5-7-16/h8-12,16-19H,2-7,13-14H2,1H3/t17-,18+,19+,22-/m0/s1. The monoisotopic (exact) mass is 396 g/mol. The third-order valence-electron chi connectivity index (χ3n) is 7.07. The summed E-state index contributed by atoms with van der Waals surface area (Å²) in [5.74, 6) is -0.801. The number of hydrogen-bond acceptors (Lipinski definition) is 5. The van der Waals surface area contributed by atoms with Crippen LogP contribution in [0.2, 0.25) is 0 Å². The number of aromatic nitrogens is 2. The quantitative estimate of drug-likeness (QED) is 0.574. The highest BCUT2D eigenvalue weighted by molar-refractivity contribution is 5.93. The molecule has 1 spiro atoms. The molecule has 7 nitrogen and oxygen atoms in total. The molecule has 0 unspecified atom stereocenters. The van der Waals surface area contributed by atoms with Crippen LogP contribution in [-0.2, 0) is 20.9 Å². The number of rotatable bonds is 4. The molecule has 1 saturated carbocycles. The van der Waals surface area contributed by atoms with Crippen LogP contribution in [0.4, 0.5) is 0 Å². The van der Waals surface area contributed by atoms with Crippen molar-refractivity contribution in [1.29, 1.82) is 0 Å². The van der Waals surface area contributed by atoms with E-state index in [2.05, 4.69) is 9.97 Å². The van der Waals surface area contributed by atoms with E-state index in [1.165, 1.54) is 25.7 Å². The van der Waals surface area contributed by atoms with Gasteiger partial charge in [0.1, 0.15) is 5.60 Å². The van der Waals surface area contributed by atoms with Gasteiger partial charge in [-0.15, -0.1) is 0 Å². The van der Waals surface area contributed by atoms with Crippen molar-refractivity contribution >= 4 is 11.8 Å². The zero-order valence-corrected chi connectivity index (χ0v) is 16.9.